The van der Waals surface area contributed by atoms with E-state index in [1.807, 2.05) is 6.92 Å². The summed E-state index contributed by atoms with van der Waals surface area (Å²) in [6, 6.07) is 5.17. The number of aromatic amines is 1. The number of pyridine rings is 2. The minimum absolute atomic E-state index is 0.0405. The molecular weight excluding hydrogens is 164 g/mol. The third-order valence-electron chi connectivity index (χ3n) is 2.04. The minimum Gasteiger partial charge on any atom is -0.343 e. The molecule has 0 atom stereocenters. The third kappa shape index (κ3) is 1.33. The van der Waals surface area contributed by atoms with Crippen molar-refractivity contribution in [3.8, 4) is 0 Å². The van der Waals surface area contributed by atoms with Crippen molar-refractivity contribution in [2.75, 3.05) is 0 Å². The Labute approximate surface area is 75.4 Å². The van der Waals surface area contributed by atoms with E-state index >= 15 is 0 Å². The quantitative estimate of drug-likeness (QED) is 0.711. The van der Waals surface area contributed by atoms with Crippen LogP contribution in [0.5, 0.6) is 0 Å². The Bertz CT molecular complexity index is 487. The molecule has 1 N–H and O–H groups in total. The van der Waals surface area contributed by atoms with Crippen LogP contribution in [0.15, 0.2) is 29.2 Å². The summed E-state index contributed by atoms with van der Waals surface area (Å²) in [6.45, 7) is 2.00. The van der Waals surface area contributed by atoms with E-state index in [0.717, 1.165) is 12.1 Å². The zero-order valence-corrected chi connectivity index (χ0v) is 7.37. The second kappa shape index (κ2) is 3.01. The molecule has 0 amide bonds. The van der Waals surface area contributed by atoms with Crippen LogP contribution in [0.1, 0.15) is 12.6 Å². The van der Waals surface area contributed by atoms with Crippen molar-refractivity contribution in [2.45, 2.75) is 13.3 Å². The molecule has 0 aliphatic carbocycles. The van der Waals surface area contributed by atoms with Gasteiger partial charge in [0.1, 0.15) is 5.65 Å². The highest BCUT2D eigenvalue weighted by Gasteiger charge is 1.99. The van der Waals surface area contributed by atoms with Crippen molar-refractivity contribution in [2.24, 2.45) is 0 Å². The van der Waals surface area contributed by atoms with Crippen molar-refractivity contribution < 1.29 is 0 Å². The van der Waals surface area contributed by atoms with Crippen LogP contribution in [0.25, 0.3) is 11.0 Å². The van der Waals surface area contributed by atoms with Crippen LogP contribution >= 0.6 is 0 Å². The van der Waals surface area contributed by atoms with Crippen LogP contribution in [-0.2, 0) is 6.42 Å². The maximum absolute atomic E-state index is 11.5. The van der Waals surface area contributed by atoms with Crippen molar-refractivity contribution in [1.82, 2.24) is 9.97 Å². The molecule has 0 aromatic carbocycles. The van der Waals surface area contributed by atoms with Gasteiger partial charge in [0.25, 0.3) is 0 Å². The van der Waals surface area contributed by atoms with E-state index in [1.165, 1.54) is 0 Å². The Morgan fingerprint density at radius 2 is 2.38 bits per heavy atom. The average Bonchev–Trinajstić information content (AvgIpc) is 2.18. The largest absolute Gasteiger partial charge is 0.343 e. The topological polar surface area (TPSA) is 45.8 Å². The molecule has 0 spiro atoms. The standard InChI is InChI=1S/C10H10N2O/c1-2-7-6-9(13)8-4-3-5-11-10(8)12-7/h3-6H,2H2,1H3,(H,11,12,13). The highest BCUT2D eigenvalue weighted by Crippen LogP contribution is 2.03. The van der Waals surface area contributed by atoms with Crippen LogP contribution in [0.3, 0.4) is 0 Å². The molecular formula is C10H10N2O. The highest BCUT2D eigenvalue weighted by molar-refractivity contribution is 5.73. The van der Waals surface area contributed by atoms with Crippen LogP contribution in [-0.4, -0.2) is 9.97 Å². The second-order valence-corrected chi connectivity index (χ2v) is 2.91. The SMILES string of the molecule is CCc1cc(=O)c2cccnc2[nH]1. The second-order valence-electron chi connectivity index (χ2n) is 2.91. The Morgan fingerprint density at radius 1 is 1.54 bits per heavy atom. The van der Waals surface area contributed by atoms with Gasteiger partial charge in [0.15, 0.2) is 5.43 Å². The van der Waals surface area contributed by atoms with Crippen molar-refractivity contribution >= 4 is 11.0 Å². The highest BCUT2D eigenvalue weighted by atomic mass is 16.1. The molecule has 2 aromatic rings. The molecule has 0 saturated carbocycles. The molecule has 2 heterocycles. The number of rotatable bonds is 1. The molecule has 0 bridgehead atoms. The summed E-state index contributed by atoms with van der Waals surface area (Å²) in [5, 5.41) is 0.653. The number of nitrogens with zero attached hydrogens (tertiary/aromatic N) is 1. The first-order chi connectivity index (χ1) is 6.31. The van der Waals surface area contributed by atoms with Crippen LogP contribution in [0.4, 0.5) is 0 Å². The molecule has 0 saturated heterocycles. The number of fused-ring (bicyclic) bond motifs is 1. The number of H-pyrrole nitrogens is 1. The van der Waals surface area contributed by atoms with E-state index < -0.39 is 0 Å². The summed E-state index contributed by atoms with van der Waals surface area (Å²) in [5.41, 5.74) is 1.64. The fourth-order valence-electron chi connectivity index (χ4n) is 1.32. The number of nitrogens with one attached hydrogen (secondary N) is 1. The van der Waals surface area contributed by atoms with Crippen molar-refractivity contribution in [3.05, 3.63) is 40.3 Å². The Kier molecular flexibility index (Phi) is 1.85. The summed E-state index contributed by atoms with van der Waals surface area (Å²) in [7, 11) is 0. The van der Waals surface area contributed by atoms with Gasteiger partial charge in [-0.15, -0.1) is 0 Å². The van der Waals surface area contributed by atoms with Gasteiger partial charge in [0.2, 0.25) is 0 Å². The molecule has 0 aliphatic rings. The van der Waals surface area contributed by atoms with Gasteiger partial charge in [0.05, 0.1) is 5.39 Å². The first kappa shape index (κ1) is 7.98. The van der Waals surface area contributed by atoms with E-state index in [1.54, 1.807) is 24.4 Å². The first-order valence-electron chi connectivity index (χ1n) is 4.28. The maximum atomic E-state index is 11.5. The van der Waals surface area contributed by atoms with Gasteiger partial charge in [-0.25, -0.2) is 4.98 Å². The zero-order chi connectivity index (χ0) is 9.26. The lowest BCUT2D eigenvalue weighted by Gasteiger charge is -1.99. The lowest BCUT2D eigenvalue weighted by atomic mass is 10.2. The monoisotopic (exact) mass is 174 g/mol. The number of aryl methyl sites for hydroxylation is 1. The summed E-state index contributed by atoms with van der Waals surface area (Å²) >= 11 is 0. The van der Waals surface area contributed by atoms with Crippen molar-refractivity contribution in [1.29, 1.82) is 0 Å². The molecule has 66 valence electrons. The number of hydrogen-bond acceptors (Lipinski definition) is 2. The van der Waals surface area contributed by atoms with Gasteiger partial charge in [-0.1, -0.05) is 6.92 Å². The van der Waals surface area contributed by atoms with Gasteiger partial charge in [-0.3, -0.25) is 4.79 Å². The lowest BCUT2D eigenvalue weighted by Crippen LogP contribution is -2.05. The molecule has 3 heteroatoms. The van der Waals surface area contributed by atoms with Gasteiger partial charge < -0.3 is 4.98 Å². The summed E-state index contributed by atoms with van der Waals surface area (Å²) in [4.78, 5) is 18.7. The third-order valence-corrected chi connectivity index (χ3v) is 2.04. The van der Waals surface area contributed by atoms with E-state index in [2.05, 4.69) is 9.97 Å². The first-order valence-corrected chi connectivity index (χ1v) is 4.28. The smallest absolute Gasteiger partial charge is 0.191 e. The summed E-state index contributed by atoms with van der Waals surface area (Å²) < 4.78 is 0. The average molecular weight is 174 g/mol. The normalized spacial score (nSPS) is 10.5. The maximum Gasteiger partial charge on any atom is 0.191 e. The van der Waals surface area contributed by atoms with E-state index in [4.69, 9.17) is 0 Å². The molecule has 0 unspecified atom stereocenters. The predicted molar refractivity (Wildman–Crippen MR) is 51.7 cm³/mol. The van der Waals surface area contributed by atoms with E-state index in [-0.39, 0.29) is 5.43 Å². The van der Waals surface area contributed by atoms with Gasteiger partial charge >= 0.3 is 0 Å². The summed E-state index contributed by atoms with van der Waals surface area (Å²) in [6.07, 6.45) is 2.50. The van der Waals surface area contributed by atoms with Crippen LogP contribution < -0.4 is 5.43 Å². The zero-order valence-electron chi connectivity index (χ0n) is 7.37. The van der Waals surface area contributed by atoms with Gasteiger partial charge in [-0.05, 0) is 18.6 Å². The molecule has 13 heavy (non-hydrogen) atoms. The Balaban J connectivity index is 2.85. The van der Waals surface area contributed by atoms with Crippen molar-refractivity contribution in [3.63, 3.8) is 0 Å². The van der Waals surface area contributed by atoms with Gasteiger partial charge in [-0.2, -0.15) is 0 Å². The summed E-state index contributed by atoms with van der Waals surface area (Å²) in [5.74, 6) is 0. The van der Waals surface area contributed by atoms with Crippen LogP contribution in [0, 0.1) is 0 Å². The molecule has 2 rings (SSSR count). The predicted octanol–water partition coefficient (Wildman–Crippen LogP) is 1.49. The number of hydrogen-bond donors (Lipinski definition) is 1. The molecule has 0 radical (unpaired) electrons. The number of aromatic nitrogens is 2. The van der Waals surface area contributed by atoms with E-state index in [9.17, 15) is 4.79 Å². The fraction of sp³-hybridized carbons (Fsp3) is 0.200. The molecule has 0 fully saturated rings. The van der Waals surface area contributed by atoms with Gasteiger partial charge in [0, 0.05) is 18.0 Å². The van der Waals surface area contributed by atoms with Crippen LogP contribution in [0.2, 0.25) is 0 Å². The van der Waals surface area contributed by atoms with E-state index in [0.29, 0.717) is 11.0 Å². The Hall–Kier alpha value is -1.64. The molecule has 3 nitrogen and oxygen atoms in total. The fourth-order valence-corrected chi connectivity index (χ4v) is 1.32. The molecule has 2 aromatic heterocycles. The Morgan fingerprint density at radius 3 is 3.15 bits per heavy atom. The lowest BCUT2D eigenvalue weighted by molar-refractivity contribution is 1.04. The minimum atomic E-state index is 0.0405. The molecule has 0 aliphatic heterocycles.